The molecule has 0 spiro atoms. The molecule has 1 aromatic rings. The van der Waals surface area contributed by atoms with Gasteiger partial charge in [-0.25, -0.2) is 0 Å². The lowest BCUT2D eigenvalue weighted by atomic mass is 9.90. The van der Waals surface area contributed by atoms with E-state index in [4.69, 9.17) is 11.5 Å². The predicted molar refractivity (Wildman–Crippen MR) is 55.9 cm³/mol. The van der Waals surface area contributed by atoms with Gasteiger partial charge in [-0.3, -0.25) is 9.78 Å². The van der Waals surface area contributed by atoms with Gasteiger partial charge in [-0.15, -0.1) is 0 Å². The van der Waals surface area contributed by atoms with Crippen LogP contribution in [-0.2, 0) is 0 Å². The molecule has 1 atom stereocenters. The van der Waals surface area contributed by atoms with Crippen molar-refractivity contribution in [1.29, 1.82) is 0 Å². The molecule has 1 rings (SSSR count). The number of anilines is 1. The van der Waals surface area contributed by atoms with Gasteiger partial charge < -0.3 is 11.5 Å². The number of nitrogens with two attached hydrogens (primary N) is 2. The first-order chi connectivity index (χ1) is 6.49. The molecule has 1 aromatic heterocycles. The summed E-state index contributed by atoms with van der Waals surface area (Å²) in [6, 6.07) is 1.60. The highest BCUT2D eigenvalue weighted by atomic mass is 16.1. The van der Waals surface area contributed by atoms with Gasteiger partial charge in [0, 0.05) is 18.1 Å². The second-order valence-electron chi connectivity index (χ2n) is 3.56. The van der Waals surface area contributed by atoms with Crippen molar-refractivity contribution < 1.29 is 4.79 Å². The maximum Gasteiger partial charge on any atom is 0.185 e. The third-order valence-corrected chi connectivity index (χ3v) is 2.35. The van der Waals surface area contributed by atoms with Crippen LogP contribution in [0.4, 0.5) is 5.69 Å². The van der Waals surface area contributed by atoms with Crippen molar-refractivity contribution >= 4 is 11.5 Å². The molecule has 0 fully saturated rings. The van der Waals surface area contributed by atoms with Gasteiger partial charge in [0.15, 0.2) is 5.78 Å². The SMILES string of the molecule is CCC(C)(N)C(=O)c1cnccc1N. The summed E-state index contributed by atoms with van der Waals surface area (Å²) in [5.41, 5.74) is 11.4. The minimum Gasteiger partial charge on any atom is -0.398 e. The first-order valence-corrected chi connectivity index (χ1v) is 4.52. The van der Waals surface area contributed by atoms with E-state index in [0.717, 1.165) is 0 Å². The molecule has 4 nitrogen and oxygen atoms in total. The summed E-state index contributed by atoms with van der Waals surface area (Å²) in [6.07, 6.45) is 3.57. The van der Waals surface area contributed by atoms with E-state index >= 15 is 0 Å². The van der Waals surface area contributed by atoms with E-state index in [1.807, 2.05) is 6.92 Å². The molecule has 1 unspecified atom stereocenters. The fraction of sp³-hybridized carbons (Fsp3) is 0.400. The van der Waals surface area contributed by atoms with E-state index in [1.54, 1.807) is 19.2 Å². The highest BCUT2D eigenvalue weighted by molar-refractivity contribution is 6.06. The Balaban J connectivity index is 3.07. The summed E-state index contributed by atoms with van der Waals surface area (Å²) in [5, 5.41) is 0. The van der Waals surface area contributed by atoms with E-state index in [1.165, 1.54) is 6.20 Å². The van der Waals surface area contributed by atoms with Crippen LogP contribution in [0.15, 0.2) is 18.5 Å². The summed E-state index contributed by atoms with van der Waals surface area (Å²) < 4.78 is 0. The van der Waals surface area contributed by atoms with Gasteiger partial charge in [-0.05, 0) is 19.4 Å². The molecule has 0 aliphatic heterocycles. The molecular formula is C10H15N3O. The average Bonchev–Trinajstić information content (AvgIpc) is 2.17. The molecule has 0 bridgehead atoms. The van der Waals surface area contributed by atoms with Gasteiger partial charge in [0.2, 0.25) is 0 Å². The lowest BCUT2D eigenvalue weighted by molar-refractivity contribution is 0.0898. The monoisotopic (exact) mass is 193 g/mol. The number of carbonyl (C=O) groups excluding carboxylic acids is 1. The number of Topliss-reactive ketones (excluding diaryl/α,β-unsaturated/α-hetero) is 1. The van der Waals surface area contributed by atoms with Crippen molar-refractivity contribution in [2.45, 2.75) is 25.8 Å². The van der Waals surface area contributed by atoms with Crippen LogP contribution in [-0.4, -0.2) is 16.3 Å². The molecule has 0 aliphatic carbocycles. The smallest absolute Gasteiger partial charge is 0.185 e. The van der Waals surface area contributed by atoms with Gasteiger partial charge in [0.05, 0.1) is 11.1 Å². The second-order valence-corrected chi connectivity index (χ2v) is 3.56. The van der Waals surface area contributed by atoms with Crippen LogP contribution >= 0.6 is 0 Å². The number of carbonyl (C=O) groups is 1. The third-order valence-electron chi connectivity index (χ3n) is 2.35. The maximum absolute atomic E-state index is 11.9. The third kappa shape index (κ3) is 1.90. The zero-order chi connectivity index (χ0) is 10.8. The molecule has 0 amide bonds. The Bertz CT molecular complexity index is 347. The Hall–Kier alpha value is -1.42. The molecule has 4 N–H and O–H groups in total. The number of ketones is 1. The molecule has 0 saturated heterocycles. The van der Waals surface area contributed by atoms with Gasteiger partial charge in [0.25, 0.3) is 0 Å². The van der Waals surface area contributed by atoms with E-state index in [0.29, 0.717) is 17.7 Å². The molecule has 0 aliphatic rings. The van der Waals surface area contributed by atoms with E-state index in [9.17, 15) is 4.79 Å². The second kappa shape index (κ2) is 3.75. The van der Waals surface area contributed by atoms with Crippen LogP contribution in [0.2, 0.25) is 0 Å². The van der Waals surface area contributed by atoms with Crippen LogP contribution < -0.4 is 11.5 Å². The molecule has 0 radical (unpaired) electrons. The van der Waals surface area contributed by atoms with Crippen LogP contribution in [0.3, 0.4) is 0 Å². The number of hydrogen-bond acceptors (Lipinski definition) is 4. The highest BCUT2D eigenvalue weighted by Crippen LogP contribution is 2.18. The van der Waals surface area contributed by atoms with Crippen LogP contribution in [0.5, 0.6) is 0 Å². The molecule has 76 valence electrons. The summed E-state index contributed by atoms with van der Waals surface area (Å²) in [7, 11) is 0. The number of pyridine rings is 1. The van der Waals surface area contributed by atoms with Crippen LogP contribution in [0.25, 0.3) is 0 Å². The summed E-state index contributed by atoms with van der Waals surface area (Å²) in [6.45, 7) is 3.56. The van der Waals surface area contributed by atoms with Crippen molar-refractivity contribution in [1.82, 2.24) is 4.98 Å². The first-order valence-electron chi connectivity index (χ1n) is 4.52. The Kier molecular flexibility index (Phi) is 2.86. The van der Waals surface area contributed by atoms with Gasteiger partial charge in [-0.2, -0.15) is 0 Å². The minimum absolute atomic E-state index is 0.161. The van der Waals surface area contributed by atoms with Crippen molar-refractivity contribution in [3.63, 3.8) is 0 Å². The summed E-state index contributed by atoms with van der Waals surface area (Å²) in [4.78, 5) is 15.7. The van der Waals surface area contributed by atoms with Crippen LogP contribution in [0, 0.1) is 0 Å². The largest absolute Gasteiger partial charge is 0.398 e. The van der Waals surface area contributed by atoms with E-state index in [-0.39, 0.29) is 5.78 Å². The minimum atomic E-state index is -0.864. The lowest BCUT2D eigenvalue weighted by Crippen LogP contribution is -2.44. The fourth-order valence-electron chi connectivity index (χ4n) is 1.06. The molecule has 4 heteroatoms. The quantitative estimate of drug-likeness (QED) is 0.701. The number of aromatic nitrogens is 1. The predicted octanol–water partition coefficient (Wildman–Crippen LogP) is 0.974. The lowest BCUT2D eigenvalue weighted by Gasteiger charge is -2.21. The van der Waals surface area contributed by atoms with Crippen molar-refractivity contribution in [3.8, 4) is 0 Å². The Morgan fingerprint density at radius 1 is 1.64 bits per heavy atom. The summed E-state index contributed by atoms with van der Waals surface area (Å²) >= 11 is 0. The normalized spacial score (nSPS) is 14.8. The van der Waals surface area contributed by atoms with Crippen molar-refractivity contribution in [2.24, 2.45) is 5.73 Å². The van der Waals surface area contributed by atoms with Crippen LogP contribution in [0.1, 0.15) is 30.6 Å². The molecule has 0 saturated carbocycles. The van der Waals surface area contributed by atoms with Crippen molar-refractivity contribution in [3.05, 3.63) is 24.0 Å². The fourth-order valence-corrected chi connectivity index (χ4v) is 1.06. The van der Waals surface area contributed by atoms with Gasteiger partial charge >= 0.3 is 0 Å². The molecule has 0 aromatic carbocycles. The van der Waals surface area contributed by atoms with Gasteiger partial charge in [-0.1, -0.05) is 6.92 Å². The van der Waals surface area contributed by atoms with Gasteiger partial charge in [0.1, 0.15) is 0 Å². The maximum atomic E-state index is 11.9. The first kappa shape index (κ1) is 10.7. The topological polar surface area (TPSA) is 82.0 Å². The molecular weight excluding hydrogens is 178 g/mol. The number of rotatable bonds is 3. The molecule has 1 heterocycles. The van der Waals surface area contributed by atoms with E-state index in [2.05, 4.69) is 4.98 Å². The highest BCUT2D eigenvalue weighted by Gasteiger charge is 2.28. The zero-order valence-electron chi connectivity index (χ0n) is 8.45. The number of nitrogen functional groups attached to an aromatic ring is 1. The number of hydrogen-bond donors (Lipinski definition) is 2. The average molecular weight is 193 g/mol. The van der Waals surface area contributed by atoms with E-state index < -0.39 is 5.54 Å². The van der Waals surface area contributed by atoms with Crippen molar-refractivity contribution in [2.75, 3.05) is 5.73 Å². The Labute approximate surface area is 83.3 Å². The standard InChI is InChI=1S/C10H15N3O/c1-3-10(2,12)9(14)7-6-13-5-4-8(7)11/h4-6H,3,12H2,1-2H3,(H2,11,13). The zero-order valence-corrected chi connectivity index (χ0v) is 8.45. The Morgan fingerprint density at radius 3 is 2.79 bits per heavy atom. The molecule has 14 heavy (non-hydrogen) atoms. The summed E-state index contributed by atoms with van der Waals surface area (Å²) in [5.74, 6) is -0.161. The number of nitrogens with zero attached hydrogens (tertiary/aromatic N) is 1. The Morgan fingerprint density at radius 2 is 2.29 bits per heavy atom.